The summed E-state index contributed by atoms with van der Waals surface area (Å²) in [6.45, 7) is 6.18. The second kappa shape index (κ2) is 10.1. The minimum atomic E-state index is 0.291. The molecule has 0 bridgehead atoms. The standard InChI is InChI=1S/C20H37N5O/c1-21-20(22-11-15-24-12-6-2-3-7-13-24)23-18-10-14-25(16-18)19(26)17-8-4-5-9-17/h17-18H,2-16H2,1H3,(H2,21,22,23). The zero-order valence-corrected chi connectivity index (χ0v) is 16.5. The van der Waals surface area contributed by atoms with E-state index in [-0.39, 0.29) is 0 Å². The molecule has 1 amide bonds. The Balaban J connectivity index is 1.36. The van der Waals surface area contributed by atoms with Crippen molar-refractivity contribution >= 4 is 11.9 Å². The SMILES string of the molecule is CN=C(NCCN1CCCCCC1)NC1CCN(C(=O)C2CCCC2)C1. The summed E-state index contributed by atoms with van der Waals surface area (Å²) in [5, 5.41) is 6.97. The van der Waals surface area contributed by atoms with Crippen LogP contribution in [0.4, 0.5) is 0 Å². The van der Waals surface area contributed by atoms with E-state index in [9.17, 15) is 4.79 Å². The van der Waals surface area contributed by atoms with Crippen molar-refractivity contribution in [3.8, 4) is 0 Å². The van der Waals surface area contributed by atoms with Gasteiger partial charge in [0.25, 0.3) is 0 Å². The van der Waals surface area contributed by atoms with E-state index in [0.717, 1.165) is 51.4 Å². The molecule has 6 heteroatoms. The molecule has 3 fully saturated rings. The van der Waals surface area contributed by atoms with Gasteiger partial charge in [-0.3, -0.25) is 9.79 Å². The van der Waals surface area contributed by atoms with E-state index >= 15 is 0 Å². The van der Waals surface area contributed by atoms with Crippen LogP contribution >= 0.6 is 0 Å². The largest absolute Gasteiger partial charge is 0.355 e. The second-order valence-electron chi connectivity index (χ2n) is 8.15. The van der Waals surface area contributed by atoms with Crippen LogP contribution in [-0.4, -0.2) is 74.0 Å². The smallest absolute Gasteiger partial charge is 0.225 e. The Labute approximate surface area is 158 Å². The van der Waals surface area contributed by atoms with Crippen LogP contribution < -0.4 is 10.6 Å². The van der Waals surface area contributed by atoms with E-state index in [1.165, 1.54) is 51.6 Å². The van der Waals surface area contributed by atoms with Crippen LogP contribution in [0.1, 0.15) is 57.8 Å². The molecule has 2 saturated heterocycles. The van der Waals surface area contributed by atoms with E-state index in [0.29, 0.717) is 17.9 Å². The van der Waals surface area contributed by atoms with Crippen LogP contribution in [0.15, 0.2) is 4.99 Å². The van der Waals surface area contributed by atoms with E-state index in [2.05, 4.69) is 25.4 Å². The Morgan fingerprint density at radius 3 is 2.42 bits per heavy atom. The fraction of sp³-hybridized carbons (Fsp3) is 0.900. The maximum atomic E-state index is 12.6. The van der Waals surface area contributed by atoms with Crippen LogP contribution in [0.3, 0.4) is 0 Å². The third kappa shape index (κ3) is 5.60. The zero-order chi connectivity index (χ0) is 18.2. The number of nitrogens with one attached hydrogen (secondary N) is 2. The molecule has 0 aromatic heterocycles. The number of guanidine groups is 1. The van der Waals surface area contributed by atoms with Gasteiger partial charge in [-0.05, 0) is 45.2 Å². The first-order chi connectivity index (χ1) is 12.8. The first kappa shape index (κ1) is 19.5. The maximum absolute atomic E-state index is 12.6. The van der Waals surface area contributed by atoms with Gasteiger partial charge in [0.15, 0.2) is 5.96 Å². The number of carbonyl (C=O) groups is 1. The highest BCUT2D eigenvalue weighted by atomic mass is 16.2. The summed E-state index contributed by atoms with van der Waals surface area (Å²) < 4.78 is 0. The van der Waals surface area contributed by atoms with Gasteiger partial charge in [0.1, 0.15) is 0 Å². The molecule has 1 unspecified atom stereocenters. The molecule has 1 atom stereocenters. The molecule has 3 aliphatic rings. The van der Waals surface area contributed by atoms with Crippen molar-refractivity contribution in [3.05, 3.63) is 0 Å². The lowest BCUT2D eigenvalue weighted by molar-refractivity contribution is -0.134. The average Bonchev–Trinajstić information content (AvgIpc) is 3.29. The Morgan fingerprint density at radius 2 is 1.73 bits per heavy atom. The molecule has 0 spiro atoms. The van der Waals surface area contributed by atoms with Crippen LogP contribution in [-0.2, 0) is 4.79 Å². The number of nitrogens with zero attached hydrogens (tertiary/aromatic N) is 3. The van der Waals surface area contributed by atoms with Crippen molar-refractivity contribution in [2.24, 2.45) is 10.9 Å². The Hall–Kier alpha value is -1.30. The zero-order valence-electron chi connectivity index (χ0n) is 16.5. The Kier molecular flexibility index (Phi) is 7.59. The van der Waals surface area contributed by atoms with Crippen molar-refractivity contribution in [3.63, 3.8) is 0 Å². The monoisotopic (exact) mass is 363 g/mol. The fourth-order valence-electron chi connectivity index (χ4n) is 4.59. The van der Waals surface area contributed by atoms with Crippen molar-refractivity contribution in [1.29, 1.82) is 0 Å². The van der Waals surface area contributed by atoms with Crippen molar-refractivity contribution < 1.29 is 4.79 Å². The first-order valence-corrected chi connectivity index (χ1v) is 10.7. The molecule has 0 radical (unpaired) electrons. The molecule has 2 heterocycles. The molecule has 0 aromatic rings. The van der Waals surface area contributed by atoms with E-state index in [4.69, 9.17) is 0 Å². The summed E-state index contributed by atoms with van der Waals surface area (Å²) in [7, 11) is 1.83. The summed E-state index contributed by atoms with van der Waals surface area (Å²) >= 11 is 0. The van der Waals surface area contributed by atoms with E-state index in [1.54, 1.807) is 0 Å². The van der Waals surface area contributed by atoms with Gasteiger partial charge in [-0.25, -0.2) is 0 Å². The lowest BCUT2D eigenvalue weighted by Gasteiger charge is -2.23. The minimum Gasteiger partial charge on any atom is -0.355 e. The summed E-state index contributed by atoms with van der Waals surface area (Å²) in [6, 6.07) is 0.324. The maximum Gasteiger partial charge on any atom is 0.225 e. The van der Waals surface area contributed by atoms with Crippen LogP contribution in [0.2, 0.25) is 0 Å². The first-order valence-electron chi connectivity index (χ1n) is 10.7. The number of hydrogen-bond acceptors (Lipinski definition) is 3. The predicted octanol–water partition coefficient (Wildman–Crippen LogP) is 1.82. The van der Waals surface area contributed by atoms with Gasteiger partial charge in [-0.1, -0.05) is 25.7 Å². The quantitative estimate of drug-likeness (QED) is 0.578. The highest BCUT2D eigenvalue weighted by Gasteiger charge is 2.32. The number of amides is 1. The normalized spacial score (nSPS) is 26.1. The van der Waals surface area contributed by atoms with Crippen LogP contribution in [0, 0.1) is 5.92 Å². The average molecular weight is 364 g/mol. The third-order valence-corrected chi connectivity index (χ3v) is 6.19. The Bertz CT molecular complexity index is 467. The van der Waals surface area contributed by atoms with E-state index < -0.39 is 0 Å². The molecular formula is C20H37N5O. The highest BCUT2D eigenvalue weighted by molar-refractivity contribution is 5.81. The summed E-state index contributed by atoms with van der Waals surface area (Å²) in [5.41, 5.74) is 0. The van der Waals surface area contributed by atoms with Gasteiger partial charge in [-0.2, -0.15) is 0 Å². The summed E-state index contributed by atoms with van der Waals surface area (Å²) in [6.07, 6.45) is 11.1. The predicted molar refractivity (Wildman–Crippen MR) is 106 cm³/mol. The van der Waals surface area contributed by atoms with Crippen LogP contribution in [0.5, 0.6) is 0 Å². The molecule has 6 nitrogen and oxygen atoms in total. The fourth-order valence-corrected chi connectivity index (χ4v) is 4.59. The van der Waals surface area contributed by atoms with Crippen LogP contribution in [0.25, 0.3) is 0 Å². The third-order valence-electron chi connectivity index (χ3n) is 6.19. The lowest BCUT2D eigenvalue weighted by atomic mass is 10.1. The van der Waals surface area contributed by atoms with E-state index in [1.807, 2.05) is 7.05 Å². The number of likely N-dealkylation sites (tertiary alicyclic amines) is 2. The molecule has 2 aliphatic heterocycles. The number of rotatable bonds is 5. The number of hydrogen-bond donors (Lipinski definition) is 2. The van der Waals surface area contributed by atoms with Gasteiger partial charge in [0.2, 0.25) is 5.91 Å². The number of aliphatic imine (C=N–C) groups is 1. The van der Waals surface area contributed by atoms with Gasteiger partial charge in [0, 0.05) is 45.2 Å². The molecule has 1 saturated carbocycles. The van der Waals surface area contributed by atoms with Gasteiger partial charge in [0.05, 0.1) is 0 Å². The Morgan fingerprint density at radius 1 is 1.00 bits per heavy atom. The van der Waals surface area contributed by atoms with Crippen molar-refractivity contribution in [1.82, 2.24) is 20.4 Å². The van der Waals surface area contributed by atoms with Gasteiger partial charge >= 0.3 is 0 Å². The molecule has 0 aromatic carbocycles. The number of carbonyl (C=O) groups excluding carboxylic acids is 1. The lowest BCUT2D eigenvalue weighted by Crippen LogP contribution is -2.47. The second-order valence-corrected chi connectivity index (χ2v) is 8.15. The summed E-state index contributed by atoms with van der Waals surface area (Å²) in [4.78, 5) is 21.6. The van der Waals surface area contributed by atoms with Gasteiger partial charge in [-0.15, -0.1) is 0 Å². The molecule has 148 valence electrons. The van der Waals surface area contributed by atoms with Crippen molar-refractivity contribution in [2.45, 2.75) is 63.8 Å². The van der Waals surface area contributed by atoms with Gasteiger partial charge < -0.3 is 20.4 Å². The molecule has 1 aliphatic carbocycles. The van der Waals surface area contributed by atoms with Crippen molar-refractivity contribution in [2.75, 3.05) is 46.3 Å². The molecular weight excluding hydrogens is 326 g/mol. The molecule has 26 heavy (non-hydrogen) atoms. The topological polar surface area (TPSA) is 60.0 Å². The minimum absolute atomic E-state index is 0.291. The molecule has 3 rings (SSSR count). The molecule has 2 N–H and O–H groups in total. The summed E-state index contributed by atoms with van der Waals surface area (Å²) in [5.74, 6) is 1.55. The highest BCUT2D eigenvalue weighted by Crippen LogP contribution is 2.27.